The van der Waals surface area contributed by atoms with E-state index in [1.54, 1.807) is 11.3 Å². The van der Waals surface area contributed by atoms with E-state index in [1.165, 1.54) is 4.88 Å². The molecule has 0 bridgehead atoms. The Balaban J connectivity index is 2.32. The molecule has 80 valence electrons. The van der Waals surface area contributed by atoms with Crippen molar-refractivity contribution in [2.24, 2.45) is 0 Å². The number of thiophene rings is 1. The van der Waals surface area contributed by atoms with Crippen LogP contribution in [0.15, 0.2) is 37.1 Å². The molecule has 0 amide bonds. The summed E-state index contributed by atoms with van der Waals surface area (Å²) < 4.78 is 7.43. The van der Waals surface area contributed by atoms with Gasteiger partial charge in [-0.3, -0.25) is 0 Å². The molecule has 0 radical (unpaired) electrons. The number of hydrogen-bond donors (Lipinski definition) is 1. The zero-order chi connectivity index (χ0) is 10.8. The highest BCUT2D eigenvalue weighted by molar-refractivity contribution is 9.11. The van der Waals surface area contributed by atoms with Gasteiger partial charge in [-0.25, -0.2) is 0 Å². The molecule has 0 spiro atoms. The zero-order valence-corrected chi connectivity index (χ0v) is 11.9. The summed E-state index contributed by atoms with van der Waals surface area (Å²) in [4.78, 5) is 1.23. The van der Waals surface area contributed by atoms with Crippen LogP contribution in [0.3, 0.4) is 0 Å². The summed E-state index contributed by atoms with van der Waals surface area (Å²) in [5.74, 6) is 0.915. The fraction of sp³-hybridized carbons (Fsp3) is 0.200. The number of halogens is 2. The molecule has 0 aliphatic carbocycles. The molecule has 5 heteroatoms. The zero-order valence-electron chi connectivity index (χ0n) is 7.96. The number of nitrogens with one attached hydrogen (secondary N) is 1. The van der Waals surface area contributed by atoms with E-state index in [0.717, 1.165) is 14.2 Å². The van der Waals surface area contributed by atoms with Gasteiger partial charge < -0.3 is 9.73 Å². The lowest BCUT2D eigenvalue weighted by molar-refractivity contribution is 0.449. The topological polar surface area (TPSA) is 25.2 Å². The molecule has 15 heavy (non-hydrogen) atoms. The van der Waals surface area contributed by atoms with Crippen molar-refractivity contribution < 1.29 is 4.42 Å². The van der Waals surface area contributed by atoms with Gasteiger partial charge in [0, 0.05) is 4.88 Å². The van der Waals surface area contributed by atoms with Crippen LogP contribution in [0.2, 0.25) is 0 Å². The highest BCUT2D eigenvalue weighted by atomic mass is 79.9. The molecule has 0 aliphatic rings. The van der Waals surface area contributed by atoms with Crippen molar-refractivity contribution in [1.82, 2.24) is 5.32 Å². The van der Waals surface area contributed by atoms with Crippen LogP contribution in [0.4, 0.5) is 0 Å². The number of hydrogen-bond acceptors (Lipinski definition) is 3. The van der Waals surface area contributed by atoms with Crippen molar-refractivity contribution in [3.05, 3.63) is 43.4 Å². The molecule has 1 unspecified atom stereocenters. The number of rotatable bonds is 3. The summed E-state index contributed by atoms with van der Waals surface area (Å²) in [6.07, 6.45) is 0. The van der Waals surface area contributed by atoms with Gasteiger partial charge in [-0.15, -0.1) is 11.3 Å². The minimum absolute atomic E-state index is 0.118. The third-order valence-electron chi connectivity index (χ3n) is 2.05. The van der Waals surface area contributed by atoms with Gasteiger partial charge in [0.25, 0.3) is 0 Å². The molecular weight excluding hydrogens is 342 g/mol. The van der Waals surface area contributed by atoms with E-state index in [1.807, 2.05) is 25.2 Å². The van der Waals surface area contributed by atoms with Gasteiger partial charge in [0.05, 0.1) is 3.79 Å². The lowest BCUT2D eigenvalue weighted by atomic mass is 10.2. The van der Waals surface area contributed by atoms with E-state index in [0.29, 0.717) is 0 Å². The van der Waals surface area contributed by atoms with E-state index < -0.39 is 0 Å². The van der Waals surface area contributed by atoms with Crippen molar-refractivity contribution in [3.8, 4) is 0 Å². The van der Waals surface area contributed by atoms with E-state index >= 15 is 0 Å². The van der Waals surface area contributed by atoms with Crippen molar-refractivity contribution in [2.45, 2.75) is 6.04 Å². The smallest absolute Gasteiger partial charge is 0.169 e. The lowest BCUT2D eigenvalue weighted by Crippen LogP contribution is -2.15. The molecule has 0 saturated heterocycles. The molecule has 2 rings (SSSR count). The molecule has 2 nitrogen and oxygen atoms in total. The van der Waals surface area contributed by atoms with Gasteiger partial charge in [-0.1, -0.05) is 0 Å². The highest BCUT2D eigenvalue weighted by Crippen LogP contribution is 2.32. The summed E-state index contributed by atoms with van der Waals surface area (Å²) in [5.41, 5.74) is 0. The quantitative estimate of drug-likeness (QED) is 0.898. The molecule has 2 aromatic rings. The van der Waals surface area contributed by atoms with Crippen LogP contribution >= 0.6 is 43.2 Å². The maximum Gasteiger partial charge on any atom is 0.169 e. The van der Waals surface area contributed by atoms with Crippen LogP contribution in [0.25, 0.3) is 0 Å². The molecule has 0 aliphatic heterocycles. The SMILES string of the molecule is CNC(c1ccc(Br)o1)c1ccc(Br)s1. The first-order valence-electron chi connectivity index (χ1n) is 4.38. The molecule has 0 fully saturated rings. The Morgan fingerprint density at radius 1 is 1.27 bits per heavy atom. The average molecular weight is 351 g/mol. The summed E-state index contributed by atoms with van der Waals surface area (Å²) in [6.45, 7) is 0. The highest BCUT2D eigenvalue weighted by Gasteiger charge is 2.17. The Kier molecular flexibility index (Phi) is 3.66. The van der Waals surface area contributed by atoms with Gasteiger partial charge in [0.1, 0.15) is 11.8 Å². The van der Waals surface area contributed by atoms with Gasteiger partial charge in [0.15, 0.2) is 4.67 Å². The third kappa shape index (κ3) is 2.53. The van der Waals surface area contributed by atoms with Gasteiger partial charge in [-0.2, -0.15) is 0 Å². The molecular formula is C10H9Br2NOS. The molecule has 2 aromatic heterocycles. The minimum Gasteiger partial charge on any atom is -0.452 e. The molecule has 1 N–H and O–H groups in total. The van der Waals surface area contributed by atoms with Crippen LogP contribution < -0.4 is 5.32 Å². The van der Waals surface area contributed by atoms with Gasteiger partial charge >= 0.3 is 0 Å². The fourth-order valence-corrected chi connectivity index (χ4v) is 3.25. The maximum absolute atomic E-state index is 5.55. The summed E-state index contributed by atoms with van der Waals surface area (Å²) >= 11 is 8.47. The predicted octanol–water partition coefficient (Wildman–Crippen LogP) is 4.17. The van der Waals surface area contributed by atoms with E-state index in [4.69, 9.17) is 4.42 Å². The van der Waals surface area contributed by atoms with E-state index in [-0.39, 0.29) is 6.04 Å². The number of furan rings is 1. The largest absolute Gasteiger partial charge is 0.452 e. The Labute approximate surface area is 109 Å². The molecule has 0 saturated carbocycles. The first-order valence-corrected chi connectivity index (χ1v) is 6.78. The minimum atomic E-state index is 0.118. The third-order valence-corrected chi connectivity index (χ3v) is 4.16. The van der Waals surface area contributed by atoms with Crippen LogP contribution in [0.5, 0.6) is 0 Å². The first-order chi connectivity index (χ1) is 7.20. The van der Waals surface area contributed by atoms with Gasteiger partial charge in [-0.05, 0) is 63.2 Å². The monoisotopic (exact) mass is 349 g/mol. The van der Waals surface area contributed by atoms with Crippen molar-refractivity contribution in [3.63, 3.8) is 0 Å². The van der Waals surface area contributed by atoms with Crippen LogP contribution in [0.1, 0.15) is 16.7 Å². The van der Waals surface area contributed by atoms with E-state index in [9.17, 15) is 0 Å². The Morgan fingerprint density at radius 2 is 2.07 bits per heavy atom. The molecule has 2 heterocycles. The van der Waals surface area contributed by atoms with Crippen LogP contribution in [-0.4, -0.2) is 7.05 Å². The Bertz CT molecular complexity index is 411. The predicted molar refractivity (Wildman–Crippen MR) is 69.3 cm³/mol. The second-order valence-corrected chi connectivity index (χ2v) is 6.28. The first kappa shape index (κ1) is 11.4. The summed E-state index contributed by atoms with van der Waals surface area (Å²) in [5, 5.41) is 3.24. The maximum atomic E-state index is 5.55. The standard InChI is InChI=1S/C10H9Br2NOS/c1-13-10(6-2-4-8(11)14-6)7-3-5-9(12)15-7/h2-5,10,13H,1H3. The normalized spacial score (nSPS) is 13.0. The Hall–Kier alpha value is -0.100. The summed E-state index contributed by atoms with van der Waals surface area (Å²) in [7, 11) is 1.93. The van der Waals surface area contributed by atoms with Crippen molar-refractivity contribution in [2.75, 3.05) is 7.05 Å². The molecule has 0 aromatic carbocycles. The molecule has 1 atom stereocenters. The second-order valence-electron chi connectivity index (χ2n) is 3.01. The second kappa shape index (κ2) is 4.82. The average Bonchev–Trinajstić information content (AvgIpc) is 2.78. The lowest BCUT2D eigenvalue weighted by Gasteiger charge is -2.10. The summed E-state index contributed by atoms with van der Waals surface area (Å²) in [6, 6.07) is 8.13. The fourth-order valence-electron chi connectivity index (χ4n) is 1.39. The van der Waals surface area contributed by atoms with Crippen LogP contribution in [0, 0.1) is 0 Å². The van der Waals surface area contributed by atoms with Crippen LogP contribution in [-0.2, 0) is 0 Å². The Morgan fingerprint density at radius 3 is 2.53 bits per heavy atom. The van der Waals surface area contributed by atoms with Crippen molar-refractivity contribution >= 4 is 43.2 Å². The van der Waals surface area contributed by atoms with E-state index in [2.05, 4.69) is 43.2 Å². The van der Waals surface area contributed by atoms with Crippen molar-refractivity contribution in [1.29, 1.82) is 0 Å². The van der Waals surface area contributed by atoms with Gasteiger partial charge in [0.2, 0.25) is 0 Å².